The fraction of sp³-hybridized carbons (Fsp3) is 0.500. The molecule has 0 unspecified atom stereocenters. The topological polar surface area (TPSA) is 27.0 Å². The van der Waals surface area contributed by atoms with Crippen molar-refractivity contribution in [1.29, 1.82) is 5.26 Å². The van der Waals surface area contributed by atoms with Crippen molar-refractivity contribution in [3.05, 3.63) is 29.6 Å². The van der Waals surface area contributed by atoms with Crippen LogP contribution in [0.25, 0.3) is 0 Å². The highest BCUT2D eigenvalue weighted by Crippen LogP contribution is 2.29. The van der Waals surface area contributed by atoms with Crippen molar-refractivity contribution in [3.8, 4) is 6.07 Å². The van der Waals surface area contributed by atoms with E-state index in [9.17, 15) is 4.39 Å². The van der Waals surface area contributed by atoms with Crippen LogP contribution in [0.1, 0.15) is 37.7 Å². The van der Waals surface area contributed by atoms with Crippen LogP contribution >= 0.6 is 0 Å². The van der Waals surface area contributed by atoms with E-state index in [1.807, 2.05) is 19.2 Å². The Kier molecular flexibility index (Phi) is 3.63. The van der Waals surface area contributed by atoms with Gasteiger partial charge in [-0.3, -0.25) is 0 Å². The third-order valence-corrected chi connectivity index (χ3v) is 3.61. The fourth-order valence-corrected chi connectivity index (χ4v) is 2.58. The first-order valence-corrected chi connectivity index (χ1v) is 6.15. The van der Waals surface area contributed by atoms with E-state index in [1.165, 1.54) is 25.3 Å². The van der Waals surface area contributed by atoms with Crippen LogP contribution in [-0.4, -0.2) is 13.1 Å². The van der Waals surface area contributed by atoms with Gasteiger partial charge in [0.05, 0.1) is 5.69 Å². The van der Waals surface area contributed by atoms with Crippen molar-refractivity contribution < 1.29 is 4.39 Å². The number of anilines is 1. The maximum Gasteiger partial charge on any atom is 0.143 e. The first-order valence-electron chi connectivity index (χ1n) is 6.15. The van der Waals surface area contributed by atoms with Gasteiger partial charge >= 0.3 is 0 Å². The van der Waals surface area contributed by atoms with E-state index in [0.717, 1.165) is 18.5 Å². The number of rotatable bonds is 2. The molecule has 1 aliphatic carbocycles. The number of benzene rings is 1. The van der Waals surface area contributed by atoms with Crippen LogP contribution < -0.4 is 4.90 Å². The Labute approximate surface area is 102 Å². The first-order chi connectivity index (χ1) is 8.24. The van der Waals surface area contributed by atoms with Gasteiger partial charge in [0.1, 0.15) is 17.4 Å². The van der Waals surface area contributed by atoms with E-state index >= 15 is 0 Å². The molecule has 1 fully saturated rings. The Morgan fingerprint density at radius 2 is 2.00 bits per heavy atom. The summed E-state index contributed by atoms with van der Waals surface area (Å²) in [6.45, 7) is 0. The fourth-order valence-electron chi connectivity index (χ4n) is 2.58. The van der Waals surface area contributed by atoms with Crippen LogP contribution in [0.2, 0.25) is 0 Å². The van der Waals surface area contributed by atoms with Crippen molar-refractivity contribution in [1.82, 2.24) is 0 Å². The zero-order valence-corrected chi connectivity index (χ0v) is 10.1. The average molecular weight is 232 g/mol. The summed E-state index contributed by atoms with van der Waals surface area (Å²) in [5.41, 5.74) is 0.889. The lowest BCUT2D eigenvalue weighted by molar-refractivity contribution is 0.427. The molecule has 17 heavy (non-hydrogen) atoms. The highest BCUT2D eigenvalue weighted by atomic mass is 19.1. The van der Waals surface area contributed by atoms with E-state index in [2.05, 4.69) is 4.90 Å². The molecule has 0 aliphatic heterocycles. The Morgan fingerprint density at radius 3 is 2.65 bits per heavy atom. The summed E-state index contributed by atoms with van der Waals surface area (Å²) in [7, 11) is 1.96. The van der Waals surface area contributed by atoms with Crippen LogP contribution in [-0.2, 0) is 0 Å². The smallest absolute Gasteiger partial charge is 0.143 e. The van der Waals surface area contributed by atoms with Gasteiger partial charge in [-0.25, -0.2) is 4.39 Å². The predicted octanol–water partition coefficient (Wildman–Crippen LogP) is 3.47. The molecule has 0 saturated heterocycles. The monoisotopic (exact) mass is 232 g/mol. The number of hydrogen-bond donors (Lipinski definition) is 0. The number of nitrogens with zero attached hydrogens (tertiary/aromatic N) is 2. The molecule has 0 radical (unpaired) electrons. The number of hydrogen-bond acceptors (Lipinski definition) is 2. The molecule has 0 amide bonds. The van der Waals surface area contributed by atoms with Crippen LogP contribution in [0, 0.1) is 17.1 Å². The van der Waals surface area contributed by atoms with Gasteiger partial charge in [0, 0.05) is 13.1 Å². The second kappa shape index (κ2) is 5.18. The highest BCUT2D eigenvalue weighted by Gasteiger charge is 2.21. The first kappa shape index (κ1) is 11.9. The second-order valence-electron chi connectivity index (χ2n) is 4.65. The van der Waals surface area contributed by atoms with Crippen LogP contribution in [0.5, 0.6) is 0 Å². The molecule has 2 rings (SSSR count). The molecule has 1 aromatic rings. The van der Waals surface area contributed by atoms with Gasteiger partial charge in [0.2, 0.25) is 0 Å². The van der Waals surface area contributed by atoms with Gasteiger partial charge in [-0.05, 0) is 25.0 Å². The molecule has 2 nitrogen and oxygen atoms in total. The minimum atomic E-state index is -0.423. The predicted molar refractivity (Wildman–Crippen MR) is 66.4 cm³/mol. The molecule has 0 bridgehead atoms. The standard InChI is InChI=1S/C14H17FN2/c1-17(11-6-3-2-4-7-11)14-9-5-8-13(15)12(14)10-16/h5,8-9,11H,2-4,6-7H2,1H3. The van der Waals surface area contributed by atoms with Gasteiger partial charge in [0.15, 0.2) is 0 Å². The third-order valence-electron chi connectivity index (χ3n) is 3.61. The zero-order valence-electron chi connectivity index (χ0n) is 10.1. The van der Waals surface area contributed by atoms with E-state index in [1.54, 1.807) is 6.07 Å². The SMILES string of the molecule is CN(c1cccc(F)c1C#N)C1CCCCC1. The van der Waals surface area contributed by atoms with Gasteiger partial charge in [-0.15, -0.1) is 0 Å². The molecule has 1 aliphatic rings. The minimum absolute atomic E-state index is 0.167. The second-order valence-corrected chi connectivity index (χ2v) is 4.65. The molecule has 0 spiro atoms. The lowest BCUT2D eigenvalue weighted by Crippen LogP contribution is -2.33. The van der Waals surface area contributed by atoms with Gasteiger partial charge in [-0.2, -0.15) is 5.26 Å². The summed E-state index contributed by atoms with van der Waals surface area (Å²) in [4.78, 5) is 2.07. The van der Waals surface area contributed by atoms with E-state index in [-0.39, 0.29) is 5.56 Å². The molecule has 0 heterocycles. The summed E-state index contributed by atoms with van der Waals surface area (Å²) in [5, 5.41) is 9.03. The third kappa shape index (κ3) is 2.41. The summed E-state index contributed by atoms with van der Waals surface area (Å²) in [6, 6.07) is 7.25. The van der Waals surface area contributed by atoms with E-state index in [4.69, 9.17) is 5.26 Å². The number of halogens is 1. The highest BCUT2D eigenvalue weighted by molar-refractivity contribution is 5.60. The maximum absolute atomic E-state index is 13.5. The summed E-state index contributed by atoms with van der Waals surface area (Å²) >= 11 is 0. The Hall–Kier alpha value is -1.56. The largest absolute Gasteiger partial charge is 0.370 e. The molecule has 0 atom stereocenters. The molecule has 1 saturated carbocycles. The van der Waals surface area contributed by atoms with Crippen LogP contribution in [0.15, 0.2) is 18.2 Å². The number of nitriles is 1. The molecular weight excluding hydrogens is 215 g/mol. The molecule has 1 aromatic carbocycles. The van der Waals surface area contributed by atoms with Crippen molar-refractivity contribution in [3.63, 3.8) is 0 Å². The van der Waals surface area contributed by atoms with Gasteiger partial charge in [0.25, 0.3) is 0 Å². The summed E-state index contributed by atoms with van der Waals surface area (Å²) in [6.07, 6.45) is 6.02. The van der Waals surface area contributed by atoms with Crippen LogP contribution in [0.4, 0.5) is 10.1 Å². The quantitative estimate of drug-likeness (QED) is 0.780. The molecule has 0 aromatic heterocycles. The van der Waals surface area contributed by atoms with Crippen molar-refractivity contribution in [2.75, 3.05) is 11.9 Å². The zero-order chi connectivity index (χ0) is 12.3. The lowest BCUT2D eigenvalue weighted by atomic mass is 9.94. The summed E-state index contributed by atoms with van der Waals surface area (Å²) < 4.78 is 13.5. The maximum atomic E-state index is 13.5. The average Bonchev–Trinajstić information content (AvgIpc) is 2.38. The summed E-state index contributed by atoms with van der Waals surface area (Å²) in [5.74, 6) is -0.423. The van der Waals surface area contributed by atoms with Crippen molar-refractivity contribution in [2.24, 2.45) is 0 Å². The van der Waals surface area contributed by atoms with Gasteiger partial charge < -0.3 is 4.90 Å². The molecular formula is C14H17FN2. The Morgan fingerprint density at radius 1 is 1.29 bits per heavy atom. The Balaban J connectivity index is 2.27. The lowest BCUT2D eigenvalue weighted by Gasteiger charge is -2.33. The minimum Gasteiger partial charge on any atom is -0.370 e. The van der Waals surface area contributed by atoms with E-state index < -0.39 is 5.82 Å². The molecule has 3 heteroatoms. The van der Waals surface area contributed by atoms with Crippen molar-refractivity contribution >= 4 is 5.69 Å². The molecule has 90 valence electrons. The molecule has 0 N–H and O–H groups in total. The normalized spacial score (nSPS) is 16.5. The van der Waals surface area contributed by atoms with Crippen molar-refractivity contribution in [2.45, 2.75) is 38.1 Å². The van der Waals surface area contributed by atoms with Crippen LogP contribution in [0.3, 0.4) is 0 Å². The van der Waals surface area contributed by atoms with E-state index in [0.29, 0.717) is 6.04 Å². The van der Waals surface area contributed by atoms with Gasteiger partial charge in [-0.1, -0.05) is 25.3 Å². The Bertz CT molecular complexity index is 430.